The summed E-state index contributed by atoms with van der Waals surface area (Å²) >= 11 is 6.48. The average Bonchev–Trinajstić information content (AvgIpc) is 2.95. The molecule has 0 aliphatic carbocycles. The summed E-state index contributed by atoms with van der Waals surface area (Å²) in [4.78, 5) is 26.7. The minimum atomic E-state index is -0.239. The van der Waals surface area contributed by atoms with Crippen molar-refractivity contribution < 1.29 is 19.4 Å². The van der Waals surface area contributed by atoms with Gasteiger partial charge in [-0.15, -0.1) is 0 Å². The van der Waals surface area contributed by atoms with E-state index < -0.39 is 0 Å². The Balaban J connectivity index is 1.56. The van der Waals surface area contributed by atoms with E-state index in [4.69, 9.17) is 17.0 Å². The first-order valence-corrected chi connectivity index (χ1v) is 10.3. The molecule has 2 aromatic carbocycles. The molecule has 0 saturated carbocycles. The molecule has 2 N–H and O–H groups in total. The summed E-state index contributed by atoms with van der Waals surface area (Å²) in [6, 6.07) is 13.7. The molecule has 1 aliphatic heterocycles. The van der Waals surface area contributed by atoms with Crippen molar-refractivity contribution in [2.75, 3.05) is 18.5 Å². The maximum atomic E-state index is 12.6. The van der Waals surface area contributed by atoms with Gasteiger partial charge < -0.3 is 15.2 Å². The van der Waals surface area contributed by atoms with Crippen LogP contribution in [0.3, 0.4) is 0 Å². The number of nitrogens with one attached hydrogen (secondary N) is 1. The highest BCUT2D eigenvalue weighted by molar-refractivity contribution is 8.26. The largest absolute Gasteiger partial charge is 0.508 e. The van der Waals surface area contributed by atoms with Crippen molar-refractivity contribution in [2.24, 2.45) is 0 Å². The lowest BCUT2D eigenvalue weighted by molar-refractivity contribution is -0.122. The number of nitrogens with zero attached hydrogens (tertiary/aromatic N) is 1. The zero-order chi connectivity index (χ0) is 20.8. The number of thiocarbonyl (C=S) groups is 1. The molecule has 0 bridgehead atoms. The van der Waals surface area contributed by atoms with Crippen molar-refractivity contribution in [3.05, 3.63) is 59.0 Å². The molecule has 0 spiro atoms. The van der Waals surface area contributed by atoms with Gasteiger partial charge in [-0.2, -0.15) is 0 Å². The predicted octanol–water partition coefficient (Wildman–Crippen LogP) is 4.02. The fraction of sp³-hybridized carbons (Fsp3) is 0.190. The number of anilines is 1. The van der Waals surface area contributed by atoms with E-state index >= 15 is 0 Å². The zero-order valence-corrected chi connectivity index (χ0v) is 17.4. The lowest BCUT2D eigenvalue weighted by atomic mass is 10.2. The minimum Gasteiger partial charge on any atom is -0.508 e. The Kier molecular flexibility index (Phi) is 6.90. The Morgan fingerprint density at radius 2 is 2.03 bits per heavy atom. The Bertz CT molecular complexity index is 957. The molecule has 29 heavy (non-hydrogen) atoms. The van der Waals surface area contributed by atoms with Gasteiger partial charge in [-0.05, 0) is 55.0 Å². The Morgan fingerprint density at radius 3 is 2.72 bits per heavy atom. The maximum Gasteiger partial charge on any atom is 0.266 e. The first-order valence-electron chi connectivity index (χ1n) is 9.03. The van der Waals surface area contributed by atoms with E-state index in [2.05, 4.69) is 5.32 Å². The molecule has 1 aliphatic rings. The number of ether oxygens (including phenoxy) is 1. The van der Waals surface area contributed by atoms with Gasteiger partial charge in [0.25, 0.3) is 5.91 Å². The molecule has 1 fully saturated rings. The summed E-state index contributed by atoms with van der Waals surface area (Å²) in [5.74, 6) is 0.416. The molecular formula is C21H20N2O4S2. The lowest BCUT2D eigenvalue weighted by Crippen LogP contribution is -2.31. The number of carbonyl (C=O) groups excluding carboxylic acids is 2. The van der Waals surface area contributed by atoms with Crippen LogP contribution < -0.4 is 10.1 Å². The normalized spacial score (nSPS) is 15.1. The van der Waals surface area contributed by atoms with Crippen molar-refractivity contribution in [3.8, 4) is 11.5 Å². The summed E-state index contributed by atoms with van der Waals surface area (Å²) in [5.41, 5.74) is 1.37. The molecule has 6 nitrogen and oxygen atoms in total. The van der Waals surface area contributed by atoms with Gasteiger partial charge in [0.05, 0.1) is 11.5 Å². The lowest BCUT2D eigenvalue weighted by Gasteiger charge is -2.14. The van der Waals surface area contributed by atoms with E-state index in [1.807, 2.05) is 6.92 Å². The topological polar surface area (TPSA) is 78.9 Å². The molecule has 0 atom stereocenters. The third-order valence-corrected chi connectivity index (χ3v) is 5.43. The second kappa shape index (κ2) is 9.58. The first-order chi connectivity index (χ1) is 14.0. The second-order valence-corrected chi connectivity index (χ2v) is 7.86. The Labute approximate surface area is 178 Å². The predicted molar refractivity (Wildman–Crippen MR) is 119 cm³/mol. The van der Waals surface area contributed by atoms with Crippen LogP contribution in [0, 0.1) is 0 Å². The van der Waals surface area contributed by atoms with Crippen LogP contribution in [0.2, 0.25) is 0 Å². The van der Waals surface area contributed by atoms with Crippen LogP contribution in [-0.4, -0.2) is 39.3 Å². The number of rotatable bonds is 7. The number of amides is 2. The number of thioether (sulfide) groups is 1. The summed E-state index contributed by atoms with van der Waals surface area (Å²) in [6.07, 6.45) is 1.80. The Hall–Kier alpha value is -2.84. The average molecular weight is 429 g/mol. The molecule has 150 valence electrons. The Morgan fingerprint density at radius 1 is 1.28 bits per heavy atom. The van der Waals surface area contributed by atoms with Crippen molar-refractivity contribution in [3.63, 3.8) is 0 Å². The van der Waals surface area contributed by atoms with E-state index in [0.29, 0.717) is 27.1 Å². The van der Waals surface area contributed by atoms with Crippen molar-refractivity contribution in [2.45, 2.75) is 13.3 Å². The quantitative estimate of drug-likeness (QED) is 0.512. The van der Waals surface area contributed by atoms with E-state index in [0.717, 1.165) is 5.75 Å². The SMILES string of the molecule is CCOc1ccc(NC(=O)CCN2C(=O)/C(=C/c3cccc(O)c3)SC2=S)cc1. The number of hydrogen-bond donors (Lipinski definition) is 2. The molecule has 8 heteroatoms. The van der Waals surface area contributed by atoms with Crippen molar-refractivity contribution in [1.82, 2.24) is 4.90 Å². The highest BCUT2D eigenvalue weighted by Crippen LogP contribution is 2.33. The second-order valence-electron chi connectivity index (χ2n) is 6.18. The summed E-state index contributed by atoms with van der Waals surface area (Å²) in [7, 11) is 0. The van der Waals surface area contributed by atoms with Gasteiger partial charge in [0, 0.05) is 18.7 Å². The van der Waals surface area contributed by atoms with Gasteiger partial charge in [-0.25, -0.2) is 0 Å². The van der Waals surface area contributed by atoms with Crippen LogP contribution in [0.15, 0.2) is 53.4 Å². The van der Waals surface area contributed by atoms with Gasteiger partial charge in [-0.1, -0.05) is 36.1 Å². The molecule has 0 unspecified atom stereocenters. The van der Waals surface area contributed by atoms with E-state index in [9.17, 15) is 14.7 Å². The molecule has 0 aromatic heterocycles. The van der Waals surface area contributed by atoms with E-state index in [1.54, 1.807) is 54.6 Å². The zero-order valence-electron chi connectivity index (χ0n) is 15.8. The van der Waals surface area contributed by atoms with Crippen LogP contribution >= 0.6 is 24.0 Å². The number of aromatic hydroxyl groups is 1. The van der Waals surface area contributed by atoms with Crippen molar-refractivity contribution >= 4 is 51.9 Å². The van der Waals surface area contributed by atoms with Gasteiger partial charge in [-0.3, -0.25) is 14.5 Å². The fourth-order valence-electron chi connectivity index (χ4n) is 2.70. The van der Waals surface area contributed by atoms with Gasteiger partial charge in [0.15, 0.2) is 0 Å². The van der Waals surface area contributed by atoms with Gasteiger partial charge in [0.2, 0.25) is 5.91 Å². The monoisotopic (exact) mass is 428 g/mol. The third-order valence-electron chi connectivity index (χ3n) is 4.05. The summed E-state index contributed by atoms with van der Waals surface area (Å²) < 4.78 is 5.78. The van der Waals surface area contributed by atoms with E-state index in [1.165, 1.54) is 16.7 Å². The summed E-state index contributed by atoms with van der Waals surface area (Å²) in [5, 5.41) is 12.4. The molecule has 2 amide bonds. The number of phenolic OH excluding ortho intramolecular Hbond substituents is 1. The minimum absolute atomic E-state index is 0.124. The molecule has 2 aromatic rings. The molecule has 1 heterocycles. The molecular weight excluding hydrogens is 408 g/mol. The standard InChI is InChI=1S/C21H20N2O4S2/c1-2-27-17-8-6-15(7-9-17)22-19(25)10-11-23-20(26)18(29-21(23)28)13-14-4-3-5-16(24)12-14/h3-9,12-13,24H,2,10-11H2,1H3,(H,22,25)/b18-13-. The number of phenols is 1. The number of hydrogen-bond acceptors (Lipinski definition) is 6. The van der Waals surface area contributed by atoms with Crippen LogP contribution in [0.5, 0.6) is 11.5 Å². The summed E-state index contributed by atoms with van der Waals surface area (Å²) in [6.45, 7) is 2.68. The fourth-order valence-corrected chi connectivity index (χ4v) is 4.01. The number of benzene rings is 2. The smallest absolute Gasteiger partial charge is 0.266 e. The first kappa shape index (κ1) is 20.9. The molecule has 1 saturated heterocycles. The highest BCUT2D eigenvalue weighted by Gasteiger charge is 2.32. The maximum absolute atomic E-state index is 12.6. The van der Waals surface area contributed by atoms with Crippen LogP contribution in [0.1, 0.15) is 18.9 Å². The third kappa shape index (κ3) is 5.58. The van der Waals surface area contributed by atoms with Gasteiger partial charge >= 0.3 is 0 Å². The highest BCUT2D eigenvalue weighted by atomic mass is 32.2. The van der Waals surface area contributed by atoms with E-state index in [-0.39, 0.29) is 30.5 Å². The van der Waals surface area contributed by atoms with Gasteiger partial charge in [0.1, 0.15) is 15.8 Å². The van der Waals surface area contributed by atoms with Crippen LogP contribution in [0.25, 0.3) is 6.08 Å². The van der Waals surface area contributed by atoms with Crippen LogP contribution in [-0.2, 0) is 9.59 Å². The van der Waals surface area contributed by atoms with Crippen LogP contribution in [0.4, 0.5) is 5.69 Å². The molecule has 3 rings (SSSR count). The number of carbonyl (C=O) groups is 2. The van der Waals surface area contributed by atoms with Crippen molar-refractivity contribution in [1.29, 1.82) is 0 Å². The molecule has 0 radical (unpaired) electrons.